The van der Waals surface area contributed by atoms with Gasteiger partial charge < -0.3 is 9.47 Å². The molecule has 0 radical (unpaired) electrons. The minimum atomic E-state index is -4.25. The van der Waals surface area contributed by atoms with E-state index in [-0.39, 0.29) is 10.6 Å². The Kier molecular flexibility index (Phi) is 7.18. The number of carbonyl (C=O) groups excluding carboxylic acids is 1. The summed E-state index contributed by atoms with van der Waals surface area (Å²) < 4.78 is 40.3. The molecule has 1 aromatic carbocycles. The Labute approximate surface area is 124 Å². The van der Waals surface area contributed by atoms with Crippen molar-refractivity contribution in [3.8, 4) is 5.75 Å². The third kappa shape index (κ3) is 7.10. The third-order valence-electron chi connectivity index (χ3n) is 2.79. The van der Waals surface area contributed by atoms with E-state index in [4.69, 9.17) is 14.0 Å². The number of hydrogen-bond donors (Lipinski definition) is 1. The first-order chi connectivity index (χ1) is 9.93. The highest BCUT2D eigenvalue weighted by atomic mass is 32.2. The van der Waals surface area contributed by atoms with Crippen molar-refractivity contribution in [1.82, 2.24) is 0 Å². The fourth-order valence-corrected chi connectivity index (χ4v) is 2.15. The highest BCUT2D eigenvalue weighted by Gasteiger charge is 2.10. The number of rotatable bonds is 8. The molecule has 6 nitrogen and oxygen atoms in total. The summed E-state index contributed by atoms with van der Waals surface area (Å²) in [5.41, 5.74) is 0. The van der Waals surface area contributed by atoms with Gasteiger partial charge >= 0.3 is 6.16 Å². The van der Waals surface area contributed by atoms with Gasteiger partial charge in [-0.05, 0) is 30.7 Å². The Morgan fingerprint density at radius 3 is 2.29 bits per heavy atom. The minimum Gasteiger partial charge on any atom is -0.434 e. The molecule has 0 amide bonds. The summed E-state index contributed by atoms with van der Waals surface area (Å²) in [6, 6.07) is 4.82. The second-order valence-electron chi connectivity index (χ2n) is 4.56. The van der Waals surface area contributed by atoms with Crippen LogP contribution in [-0.4, -0.2) is 25.7 Å². The number of hydrogen-bond acceptors (Lipinski definition) is 5. The highest BCUT2D eigenvalue weighted by molar-refractivity contribution is 7.85. The topological polar surface area (TPSA) is 89.9 Å². The second kappa shape index (κ2) is 8.63. The molecule has 0 saturated carbocycles. The summed E-state index contributed by atoms with van der Waals surface area (Å²) in [6.07, 6.45) is 4.41. The van der Waals surface area contributed by atoms with Gasteiger partial charge in [-0.15, -0.1) is 0 Å². The number of carbonyl (C=O) groups is 1. The number of benzene rings is 1. The van der Waals surface area contributed by atoms with Gasteiger partial charge in [0.15, 0.2) is 0 Å². The van der Waals surface area contributed by atoms with Crippen molar-refractivity contribution in [3.05, 3.63) is 24.3 Å². The zero-order chi connectivity index (χ0) is 15.7. The van der Waals surface area contributed by atoms with E-state index in [2.05, 4.69) is 6.92 Å². The van der Waals surface area contributed by atoms with E-state index in [1.807, 2.05) is 0 Å². The predicted octanol–water partition coefficient (Wildman–Crippen LogP) is 3.42. The van der Waals surface area contributed by atoms with E-state index in [0.717, 1.165) is 37.8 Å². The van der Waals surface area contributed by atoms with Crippen molar-refractivity contribution in [3.63, 3.8) is 0 Å². The molecule has 0 fully saturated rings. The molecule has 0 aliphatic heterocycles. The lowest BCUT2D eigenvalue weighted by molar-refractivity contribution is 0.0973. The fourth-order valence-electron chi connectivity index (χ4n) is 1.67. The molecular formula is C14H20O6S. The monoisotopic (exact) mass is 316 g/mol. The van der Waals surface area contributed by atoms with Gasteiger partial charge in [-0.3, -0.25) is 4.55 Å². The van der Waals surface area contributed by atoms with Crippen LogP contribution in [0.25, 0.3) is 0 Å². The molecule has 21 heavy (non-hydrogen) atoms. The Bertz CT molecular complexity index is 535. The van der Waals surface area contributed by atoms with Gasteiger partial charge in [-0.25, -0.2) is 4.79 Å². The summed E-state index contributed by atoms with van der Waals surface area (Å²) >= 11 is 0. The van der Waals surface area contributed by atoms with Crippen LogP contribution in [0.15, 0.2) is 29.2 Å². The molecule has 0 aromatic heterocycles. The maximum Gasteiger partial charge on any atom is 0.513 e. The van der Waals surface area contributed by atoms with Gasteiger partial charge in [0, 0.05) is 0 Å². The lowest BCUT2D eigenvalue weighted by Crippen LogP contribution is -2.11. The molecule has 1 aromatic rings. The molecule has 0 unspecified atom stereocenters. The largest absolute Gasteiger partial charge is 0.513 e. The van der Waals surface area contributed by atoms with E-state index >= 15 is 0 Å². The molecule has 0 bridgehead atoms. The maximum atomic E-state index is 11.4. The van der Waals surface area contributed by atoms with Crippen LogP contribution in [0.5, 0.6) is 5.75 Å². The Morgan fingerprint density at radius 2 is 1.71 bits per heavy atom. The molecule has 0 atom stereocenters. The number of ether oxygens (including phenoxy) is 2. The first kappa shape index (κ1) is 17.5. The average Bonchev–Trinajstić information content (AvgIpc) is 2.42. The van der Waals surface area contributed by atoms with Gasteiger partial charge in [-0.2, -0.15) is 8.42 Å². The molecule has 0 spiro atoms. The van der Waals surface area contributed by atoms with Crippen LogP contribution >= 0.6 is 0 Å². The van der Waals surface area contributed by atoms with Crippen molar-refractivity contribution in [2.75, 3.05) is 6.61 Å². The standard InChI is InChI=1S/C14H20O6S/c1-2-3-4-5-6-11-19-14(15)20-12-7-9-13(10-8-12)21(16,17)18/h7-10H,2-6,11H2,1H3,(H,16,17,18). The maximum absolute atomic E-state index is 11.4. The normalized spacial score (nSPS) is 11.1. The molecule has 0 aliphatic carbocycles. The van der Waals surface area contributed by atoms with E-state index < -0.39 is 16.3 Å². The highest BCUT2D eigenvalue weighted by Crippen LogP contribution is 2.16. The van der Waals surface area contributed by atoms with Crippen LogP contribution in [-0.2, 0) is 14.9 Å². The van der Waals surface area contributed by atoms with Crippen molar-refractivity contribution < 1.29 is 27.2 Å². The molecule has 1 rings (SSSR count). The summed E-state index contributed by atoms with van der Waals surface area (Å²) in [4.78, 5) is 11.1. The fraction of sp³-hybridized carbons (Fsp3) is 0.500. The second-order valence-corrected chi connectivity index (χ2v) is 5.98. The predicted molar refractivity (Wildman–Crippen MR) is 77.0 cm³/mol. The summed E-state index contributed by atoms with van der Waals surface area (Å²) in [5, 5.41) is 0. The SMILES string of the molecule is CCCCCCCOC(=O)Oc1ccc(S(=O)(=O)O)cc1. The quantitative estimate of drug-likeness (QED) is 0.342. The molecule has 0 heterocycles. The average molecular weight is 316 g/mol. The van der Waals surface area contributed by atoms with Crippen LogP contribution in [0.4, 0.5) is 4.79 Å². The van der Waals surface area contributed by atoms with Gasteiger partial charge in [0.05, 0.1) is 11.5 Å². The van der Waals surface area contributed by atoms with Gasteiger partial charge in [0.1, 0.15) is 5.75 Å². The lowest BCUT2D eigenvalue weighted by Gasteiger charge is -2.06. The van der Waals surface area contributed by atoms with Crippen LogP contribution in [0.2, 0.25) is 0 Å². The Morgan fingerprint density at radius 1 is 1.10 bits per heavy atom. The minimum absolute atomic E-state index is 0.151. The summed E-state index contributed by atoms with van der Waals surface area (Å²) in [5.74, 6) is 0.151. The van der Waals surface area contributed by atoms with Crippen molar-refractivity contribution in [2.45, 2.75) is 43.9 Å². The van der Waals surface area contributed by atoms with Crippen molar-refractivity contribution in [1.29, 1.82) is 0 Å². The van der Waals surface area contributed by atoms with Crippen molar-refractivity contribution in [2.24, 2.45) is 0 Å². The van der Waals surface area contributed by atoms with Crippen LogP contribution in [0.3, 0.4) is 0 Å². The molecular weight excluding hydrogens is 296 g/mol. The van der Waals surface area contributed by atoms with E-state index in [1.54, 1.807) is 0 Å². The van der Waals surface area contributed by atoms with E-state index in [1.165, 1.54) is 18.6 Å². The van der Waals surface area contributed by atoms with Gasteiger partial charge in [0.25, 0.3) is 10.1 Å². The summed E-state index contributed by atoms with van der Waals surface area (Å²) in [7, 11) is -4.25. The van der Waals surface area contributed by atoms with Gasteiger partial charge in [0.2, 0.25) is 0 Å². The number of unbranched alkanes of at least 4 members (excludes halogenated alkanes) is 4. The molecule has 1 N–H and O–H groups in total. The van der Waals surface area contributed by atoms with Crippen LogP contribution in [0.1, 0.15) is 39.0 Å². The Hall–Kier alpha value is -1.60. The van der Waals surface area contributed by atoms with E-state index in [9.17, 15) is 13.2 Å². The van der Waals surface area contributed by atoms with Crippen LogP contribution < -0.4 is 4.74 Å². The smallest absolute Gasteiger partial charge is 0.434 e. The third-order valence-corrected chi connectivity index (χ3v) is 3.66. The first-order valence-corrected chi connectivity index (χ1v) is 8.29. The molecule has 7 heteroatoms. The van der Waals surface area contributed by atoms with Crippen molar-refractivity contribution >= 4 is 16.3 Å². The summed E-state index contributed by atoms with van der Waals surface area (Å²) in [6.45, 7) is 2.42. The zero-order valence-electron chi connectivity index (χ0n) is 11.9. The first-order valence-electron chi connectivity index (χ1n) is 6.85. The molecule has 0 aliphatic rings. The lowest BCUT2D eigenvalue weighted by atomic mass is 10.2. The van der Waals surface area contributed by atoms with Gasteiger partial charge in [-0.1, -0.05) is 32.6 Å². The van der Waals surface area contributed by atoms with E-state index in [0.29, 0.717) is 6.61 Å². The molecule has 0 saturated heterocycles. The van der Waals surface area contributed by atoms with Crippen LogP contribution in [0, 0.1) is 0 Å². The Balaban J connectivity index is 2.31. The zero-order valence-corrected chi connectivity index (χ0v) is 12.8. The molecule has 118 valence electrons.